The van der Waals surface area contributed by atoms with Crippen molar-refractivity contribution in [3.05, 3.63) is 59.2 Å². The normalized spacial score (nSPS) is 15.5. The van der Waals surface area contributed by atoms with Crippen molar-refractivity contribution in [2.24, 2.45) is 0 Å². The van der Waals surface area contributed by atoms with E-state index in [4.69, 9.17) is 9.47 Å². The van der Waals surface area contributed by atoms with Crippen molar-refractivity contribution in [1.29, 1.82) is 0 Å². The number of methoxy groups -OCH3 is 2. The van der Waals surface area contributed by atoms with E-state index in [1.54, 1.807) is 26.0 Å². The fraction of sp³-hybridized carbons (Fsp3) is 0.167. The number of carbonyl (C=O) groups excluding carboxylic acids is 1. The number of carbonyl (C=O) groups is 1. The van der Waals surface area contributed by atoms with Crippen molar-refractivity contribution in [2.75, 3.05) is 20.0 Å². The number of para-hydroxylation sites is 1. The van der Waals surface area contributed by atoms with Gasteiger partial charge in [-0.05, 0) is 24.3 Å². The summed E-state index contributed by atoms with van der Waals surface area (Å²) in [5.74, 6) is 2.05. The van der Waals surface area contributed by atoms with Crippen LogP contribution in [0, 0.1) is 0 Å². The fourth-order valence-electron chi connectivity index (χ4n) is 2.49. The van der Waals surface area contributed by atoms with Crippen LogP contribution in [0.25, 0.3) is 6.08 Å². The van der Waals surface area contributed by atoms with Gasteiger partial charge in [0.05, 0.1) is 14.2 Å². The molecule has 0 N–H and O–H groups in total. The Hall–Kier alpha value is -2.20. The number of hydrogen-bond donors (Lipinski definition) is 0. The van der Waals surface area contributed by atoms with E-state index in [9.17, 15) is 4.79 Å². The van der Waals surface area contributed by atoms with Crippen molar-refractivity contribution < 1.29 is 14.3 Å². The monoisotopic (exact) mass is 312 g/mol. The van der Waals surface area contributed by atoms with Gasteiger partial charge in [0.2, 0.25) is 0 Å². The van der Waals surface area contributed by atoms with E-state index in [0.717, 1.165) is 21.6 Å². The molecule has 1 aliphatic heterocycles. The van der Waals surface area contributed by atoms with Crippen LogP contribution in [0.1, 0.15) is 15.9 Å². The van der Waals surface area contributed by atoms with Gasteiger partial charge in [-0.2, -0.15) is 0 Å². The van der Waals surface area contributed by atoms with Gasteiger partial charge in [0.15, 0.2) is 17.3 Å². The van der Waals surface area contributed by atoms with Crippen LogP contribution in [0.4, 0.5) is 0 Å². The average molecular weight is 312 g/mol. The lowest BCUT2D eigenvalue weighted by atomic mass is 10.0. The summed E-state index contributed by atoms with van der Waals surface area (Å²) in [6, 6.07) is 13.4. The molecule has 22 heavy (non-hydrogen) atoms. The molecule has 3 rings (SSSR count). The Morgan fingerprint density at radius 2 is 1.86 bits per heavy atom. The van der Waals surface area contributed by atoms with E-state index in [2.05, 4.69) is 0 Å². The third kappa shape index (κ3) is 2.62. The molecule has 0 amide bonds. The number of Topliss-reactive ketones (excluding diaryl/α,β-unsaturated/α-hetero) is 1. The molecule has 3 nitrogen and oxygen atoms in total. The van der Waals surface area contributed by atoms with Crippen LogP contribution in [0.3, 0.4) is 0 Å². The molecule has 0 spiro atoms. The third-order valence-electron chi connectivity index (χ3n) is 3.57. The van der Waals surface area contributed by atoms with E-state index < -0.39 is 0 Å². The fourth-order valence-corrected chi connectivity index (χ4v) is 3.51. The maximum Gasteiger partial charge on any atom is 0.191 e. The first-order valence-electron chi connectivity index (χ1n) is 6.92. The maximum absolute atomic E-state index is 12.6. The molecule has 0 atom stereocenters. The molecule has 0 radical (unpaired) electrons. The molecule has 0 fully saturated rings. The summed E-state index contributed by atoms with van der Waals surface area (Å²) in [6.07, 6.45) is 1.90. The first-order valence-corrected chi connectivity index (χ1v) is 7.91. The average Bonchev–Trinajstić information content (AvgIpc) is 2.57. The Kier molecular flexibility index (Phi) is 4.20. The number of benzene rings is 2. The van der Waals surface area contributed by atoms with Crippen molar-refractivity contribution >= 4 is 23.6 Å². The van der Waals surface area contributed by atoms with Crippen LogP contribution in [-0.2, 0) is 0 Å². The Morgan fingerprint density at radius 1 is 1.05 bits per heavy atom. The first-order chi connectivity index (χ1) is 10.7. The molecular formula is C18H16O3S. The summed E-state index contributed by atoms with van der Waals surface area (Å²) in [7, 11) is 3.21. The van der Waals surface area contributed by atoms with Gasteiger partial charge in [0, 0.05) is 27.3 Å². The van der Waals surface area contributed by atoms with Crippen molar-refractivity contribution in [3.63, 3.8) is 0 Å². The number of hydrogen-bond acceptors (Lipinski definition) is 4. The zero-order valence-corrected chi connectivity index (χ0v) is 13.3. The molecule has 112 valence electrons. The standard InChI is InChI=1S/C18H16O3S/c1-20-15-8-5-6-12(18(15)21-2)10-13-11-22-16-9-4-3-7-14(16)17(13)19/h3-10H,11H2,1-2H3/b13-10+. The van der Waals surface area contributed by atoms with E-state index in [1.807, 2.05) is 48.5 Å². The number of thioether (sulfide) groups is 1. The molecular weight excluding hydrogens is 296 g/mol. The van der Waals surface area contributed by atoms with Gasteiger partial charge < -0.3 is 9.47 Å². The van der Waals surface area contributed by atoms with E-state index in [-0.39, 0.29) is 5.78 Å². The van der Waals surface area contributed by atoms with Crippen LogP contribution in [0.15, 0.2) is 52.9 Å². The number of rotatable bonds is 3. The van der Waals surface area contributed by atoms with Crippen LogP contribution in [-0.4, -0.2) is 25.8 Å². The third-order valence-corrected chi connectivity index (χ3v) is 4.69. The summed E-state index contributed by atoms with van der Waals surface area (Å²) in [5, 5.41) is 0. The smallest absolute Gasteiger partial charge is 0.191 e. The molecule has 1 aliphatic rings. The highest BCUT2D eigenvalue weighted by Crippen LogP contribution is 2.36. The Labute approximate surface area is 133 Å². The molecule has 0 bridgehead atoms. The quantitative estimate of drug-likeness (QED) is 0.800. The van der Waals surface area contributed by atoms with E-state index in [1.165, 1.54) is 0 Å². The molecule has 0 saturated carbocycles. The number of fused-ring (bicyclic) bond motifs is 1. The van der Waals surface area contributed by atoms with Crippen LogP contribution in [0.2, 0.25) is 0 Å². The maximum atomic E-state index is 12.6. The highest BCUT2D eigenvalue weighted by atomic mass is 32.2. The lowest BCUT2D eigenvalue weighted by molar-refractivity contribution is 0.103. The van der Waals surface area contributed by atoms with Gasteiger partial charge in [-0.15, -0.1) is 11.8 Å². The van der Waals surface area contributed by atoms with E-state index >= 15 is 0 Å². The van der Waals surface area contributed by atoms with Gasteiger partial charge in [-0.3, -0.25) is 4.79 Å². The van der Waals surface area contributed by atoms with Crippen LogP contribution in [0.5, 0.6) is 11.5 Å². The van der Waals surface area contributed by atoms with Gasteiger partial charge in [0.1, 0.15) is 0 Å². The molecule has 2 aromatic rings. The minimum Gasteiger partial charge on any atom is -0.493 e. The van der Waals surface area contributed by atoms with Crippen LogP contribution < -0.4 is 9.47 Å². The Balaban J connectivity index is 2.02. The Bertz CT molecular complexity index is 750. The molecule has 0 aliphatic carbocycles. The number of ketones is 1. The van der Waals surface area contributed by atoms with Crippen molar-refractivity contribution in [2.45, 2.75) is 4.90 Å². The van der Waals surface area contributed by atoms with E-state index in [0.29, 0.717) is 17.3 Å². The van der Waals surface area contributed by atoms with Crippen molar-refractivity contribution in [3.8, 4) is 11.5 Å². The lowest BCUT2D eigenvalue weighted by Gasteiger charge is -2.17. The van der Waals surface area contributed by atoms with Gasteiger partial charge in [-0.1, -0.05) is 24.3 Å². The second-order valence-corrected chi connectivity index (χ2v) is 5.88. The highest BCUT2D eigenvalue weighted by molar-refractivity contribution is 7.99. The molecule has 0 aromatic heterocycles. The second-order valence-electron chi connectivity index (χ2n) is 4.87. The minimum absolute atomic E-state index is 0.0826. The SMILES string of the molecule is COc1cccc(/C=C2\CSc3ccccc3C2=O)c1OC. The predicted molar refractivity (Wildman–Crippen MR) is 89.0 cm³/mol. The zero-order chi connectivity index (χ0) is 15.5. The molecule has 1 heterocycles. The predicted octanol–water partition coefficient (Wildman–Crippen LogP) is 4.08. The number of ether oxygens (including phenoxy) is 2. The molecule has 4 heteroatoms. The Morgan fingerprint density at radius 3 is 2.64 bits per heavy atom. The summed E-state index contributed by atoms with van der Waals surface area (Å²) >= 11 is 1.68. The van der Waals surface area contributed by atoms with Crippen molar-refractivity contribution in [1.82, 2.24) is 0 Å². The first kappa shape index (κ1) is 14.7. The molecule has 0 saturated heterocycles. The topological polar surface area (TPSA) is 35.5 Å². The zero-order valence-electron chi connectivity index (χ0n) is 12.5. The summed E-state index contributed by atoms with van der Waals surface area (Å²) in [5.41, 5.74) is 2.40. The lowest BCUT2D eigenvalue weighted by Crippen LogP contribution is -2.12. The largest absolute Gasteiger partial charge is 0.493 e. The minimum atomic E-state index is 0.0826. The molecule has 0 unspecified atom stereocenters. The summed E-state index contributed by atoms with van der Waals surface area (Å²) in [6.45, 7) is 0. The molecule has 2 aromatic carbocycles. The van der Waals surface area contributed by atoms with Gasteiger partial charge in [-0.25, -0.2) is 0 Å². The van der Waals surface area contributed by atoms with Gasteiger partial charge >= 0.3 is 0 Å². The summed E-state index contributed by atoms with van der Waals surface area (Å²) in [4.78, 5) is 13.7. The van der Waals surface area contributed by atoms with Crippen LogP contribution >= 0.6 is 11.8 Å². The second kappa shape index (κ2) is 6.28. The summed E-state index contributed by atoms with van der Waals surface area (Å²) < 4.78 is 10.7. The van der Waals surface area contributed by atoms with Gasteiger partial charge in [0.25, 0.3) is 0 Å². The highest BCUT2D eigenvalue weighted by Gasteiger charge is 2.22.